The van der Waals surface area contributed by atoms with Crippen molar-refractivity contribution in [2.45, 2.75) is 32.9 Å². The molecule has 0 spiro atoms. The first kappa shape index (κ1) is 11.4. The van der Waals surface area contributed by atoms with Gasteiger partial charge in [-0.1, -0.05) is 25.6 Å². The van der Waals surface area contributed by atoms with Crippen LogP contribution in [0.3, 0.4) is 0 Å². The minimum absolute atomic E-state index is 0.341. The highest BCUT2D eigenvalue weighted by molar-refractivity contribution is 8.14. The summed E-state index contributed by atoms with van der Waals surface area (Å²) in [4.78, 5) is 15.3. The van der Waals surface area contributed by atoms with Gasteiger partial charge in [0.2, 0.25) is 5.91 Å². The lowest BCUT2D eigenvalue weighted by atomic mass is 10.1. The number of amidine groups is 1. The number of carbonyl (C=O) groups excluding carboxylic acids is 1. The summed E-state index contributed by atoms with van der Waals surface area (Å²) in [6.07, 6.45) is 0. The standard InChI is InChI=1S/C9H17N3OS/c1-5(2)7-4-14-9(12-7)11-6(3)8(10)13/h5-7H,4H2,1-3H3,(H2,10,13)(H,11,12). The van der Waals surface area contributed by atoms with Crippen molar-refractivity contribution in [1.29, 1.82) is 0 Å². The van der Waals surface area contributed by atoms with Crippen molar-refractivity contribution < 1.29 is 4.79 Å². The van der Waals surface area contributed by atoms with E-state index >= 15 is 0 Å². The van der Waals surface area contributed by atoms with E-state index in [1.54, 1.807) is 18.7 Å². The number of carbonyl (C=O) groups is 1. The molecule has 0 aromatic rings. The van der Waals surface area contributed by atoms with Crippen molar-refractivity contribution in [3.8, 4) is 0 Å². The summed E-state index contributed by atoms with van der Waals surface area (Å²) in [5, 5.41) is 3.84. The third kappa shape index (κ3) is 2.90. The number of nitrogens with two attached hydrogens (primary N) is 1. The molecule has 1 heterocycles. The summed E-state index contributed by atoms with van der Waals surface area (Å²) in [6, 6.07) is 0.0229. The molecular weight excluding hydrogens is 198 g/mol. The van der Waals surface area contributed by atoms with Crippen molar-refractivity contribution in [2.24, 2.45) is 16.6 Å². The van der Waals surface area contributed by atoms with Crippen LogP contribution < -0.4 is 11.1 Å². The molecule has 80 valence electrons. The Bertz CT molecular complexity index is 252. The second kappa shape index (κ2) is 4.68. The molecule has 0 bridgehead atoms. The molecule has 0 aliphatic carbocycles. The number of aliphatic imine (C=N–C) groups is 1. The maximum atomic E-state index is 10.8. The highest BCUT2D eigenvalue weighted by Crippen LogP contribution is 2.22. The van der Waals surface area contributed by atoms with Crippen LogP contribution in [0.15, 0.2) is 4.99 Å². The lowest BCUT2D eigenvalue weighted by Gasteiger charge is -2.10. The van der Waals surface area contributed by atoms with Gasteiger partial charge < -0.3 is 11.1 Å². The highest BCUT2D eigenvalue weighted by atomic mass is 32.2. The molecule has 1 amide bonds. The van der Waals surface area contributed by atoms with Crippen molar-refractivity contribution in [3.63, 3.8) is 0 Å². The monoisotopic (exact) mass is 215 g/mol. The quantitative estimate of drug-likeness (QED) is 0.723. The van der Waals surface area contributed by atoms with Crippen LogP contribution in [0.5, 0.6) is 0 Å². The van der Waals surface area contributed by atoms with E-state index in [4.69, 9.17) is 5.73 Å². The molecule has 4 nitrogen and oxygen atoms in total. The molecule has 1 aliphatic heterocycles. The molecule has 0 aromatic carbocycles. The largest absolute Gasteiger partial charge is 0.368 e. The average Bonchev–Trinajstić information content (AvgIpc) is 2.52. The number of nitrogens with one attached hydrogen (secondary N) is 1. The molecule has 3 N–H and O–H groups in total. The Balaban J connectivity index is 2.47. The number of amides is 1. The predicted molar refractivity (Wildman–Crippen MR) is 60.3 cm³/mol. The second-order valence-electron chi connectivity index (χ2n) is 3.83. The van der Waals surface area contributed by atoms with E-state index in [-0.39, 0.29) is 11.9 Å². The van der Waals surface area contributed by atoms with Gasteiger partial charge in [0.15, 0.2) is 5.17 Å². The highest BCUT2D eigenvalue weighted by Gasteiger charge is 2.22. The number of nitrogens with zero attached hydrogens (tertiary/aromatic N) is 1. The van der Waals surface area contributed by atoms with Crippen LogP contribution in [0.25, 0.3) is 0 Å². The predicted octanol–water partition coefficient (Wildman–Crippen LogP) is 0.577. The molecule has 0 aromatic heterocycles. The normalized spacial score (nSPS) is 23.4. The fourth-order valence-electron chi connectivity index (χ4n) is 1.07. The molecule has 0 fully saturated rings. The van der Waals surface area contributed by atoms with Crippen LogP contribution >= 0.6 is 11.8 Å². The molecule has 0 radical (unpaired) electrons. The summed E-state index contributed by atoms with van der Waals surface area (Å²) in [5.74, 6) is 1.19. The molecule has 14 heavy (non-hydrogen) atoms. The minimum Gasteiger partial charge on any atom is -0.368 e. The van der Waals surface area contributed by atoms with E-state index in [1.807, 2.05) is 0 Å². The number of hydrogen-bond acceptors (Lipinski definition) is 4. The molecular formula is C9H17N3OS. The fourth-order valence-corrected chi connectivity index (χ4v) is 2.32. The number of hydrogen-bond donors (Lipinski definition) is 2. The molecule has 0 saturated heterocycles. The average molecular weight is 215 g/mol. The van der Waals surface area contributed by atoms with Crippen LogP contribution in [-0.4, -0.2) is 28.9 Å². The van der Waals surface area contributed by atoms with Gasteiger partial charge in [-0.05, 0) is 12.8 Å². The lowest BCUT2D eigenvalue weighted by Crippen LogP contribution is -2.40. The van der Waals surface area contributed by atoms with E-state index < -0.39 is 0 Å². The summed E-state index contributed by atoms with van der Waals surface area (Å²) >= 11 is 1.66. The fraction of sp³-hybridized carbons (Fsp3) is 0.778. The number of primary amides is 1. The maximum Gasteiger partial charge on any atom is 0.239 e. The third-order valence-electron chi connectivity index (χ3n) is 2.21. The molecule has 1 aliphatic rings. The third-order valence-corrected chi connectivity index (χ3v) is 3.22. The van der Waals surface area contributed by atoms with Crippen LogP contribution in [0, 0.1) is 5.92 Å². The van der Waals surface area contributed by atoms with Crippen LogP contribution in [0.1, 0.15) is 20.8 Å². The molecule has 5 heteroatoms. The van der Waals surface area contributed by atoms with Gasteiger partial charge in [0.05, 0.1) is 6.04 Å². The summed E-state index contributed by atoms with van der Waals surface area (Å²) in [6.45, 7) is 6.04. The summed E-state index contributed by atoms with van der Waals surface area (Å²) in [7, 11) is 0. The summed E-state index contributed by atoms with van der Waals surface area (Å²) in [5.41, 5.74) is 5.14. The van der Waals surface area contributed by atoms with Gasteiger partial charge in [-0.3, -0.25) is 9.79 Å². The van der Waals surface area contributed by atoms with Gasteiger partial charge in [0.25, 0.3) is 0 Å². The van der Waals surface area contributed by atoms with Gasteiger partial charge >= 0.3 is 0 Å². The zero-order chi connectivity index (χ0) is 10.7. The number of rotatable bonds is 3. The van der Waals surface area contributed by atoms with Crippen LogP contribution in [0.4, 0.5) is 0 Å². The Morgan fingerprint density at radius 2 is 2.29 bits per heavy atom. The van der Waals surface area contributed by atoms with Crippen molar-refractivity contribution in [2.75, 3.05) is 5.75 Å². The van der Waals surface area contributed by atoms with Gasteiger partial charge in [-0.2, -0.15) is 0 Å². The SMILES string of the molecule is CC(NC1=NC(C(C)C)CS1)C(N)=O. The van der Waals surface area contributed by atoms with Gasteiger partial charge in [-0.15, -0.1) is 0 Å². The molecule has 2 atom stereocenters. The zero-order valence-electron chi connectivity index (χ0n) is 8.78. The van der Waals surface area contributed by atoms with Crippen molar-refractivity contribution in [3.05, 3.63) is 0 Å². The second-order valence-corrected chi connectivity index (χ2v) is 4.83. The molecule has 0 saturated carbocycles. The Kier molecular flexibility index (Phi) is 3.80. The Morgan fingerprint density at radius 3 is 2.71 bits per heavy atom. The first-order valence-electron chi connectivity index (χ1n) is 4.77. The van der Waals surface area contributed by atoms with E-state index in [0.29, 0.717) is 12.0 Å². The Morgan fingerprint density at radius 1 is 1.64 bits per heavy atom. The van der Waals surface area contributed by atoms with E-state index in [0.717, 1.165) is 10.9 Å². The maximum absolute atomic E-state index is 10.8. The van der Waals surface area contributed by atoms with Crippen molar-refractivity contribution in [1.82, 2.24) is 5.32 Å². The van der Waals surface area contributed by atoms with Gasteiger partial charge in [-0.25, -0.2) is 0 Å². The number of thioether (sulfide) groups is 1. The van der Waals surface area contributed by atoms with E-state index in [1.165, 1.54) is 0 Å². The van der Waals surface area contributed by atoms with E-state index in [9.17, 15) is 4.79 Å². The minimum atomic E-state index is -0.346. The van der Waals surface area contributed by atoms with Crippen LogP contribution in [0.2, 0.25) is 0 Å². The Hall–Kier alpha value is -0.710. The van der Waals surface area contributed by atoms with E-state index in [2.05, 4.69) is 24.2 Å². The topological polar surface area (TPSA) is 67.5 Å². The lowest BCUT2D eigenvalue weighted by molar-refractivity contribution is -0.119. The van der Waals surface area contributed by atoms with Gasteiger partial charge in [0, 0.05) is 5.75 Å². The zero-order valence-corrected chi connectivity index (χ0v) is 9.60. The van der Waals surface area contributed by atoms with Gasteiger partial charge in [0.1, 0.15) is 6.04 Å². The van der Waals surface area contributed by atoms with Crippen molar-refractivity contribution >= 4 is 22.8 Å². The van der Waals surface area contributed by atoms with Crippen LogP contribution in [-0.2, 0) is 4.79 Å². The smallest absolute Gasteiger partial charge is 0.239 e. The Labute approximate surface area is 88.7 Å². The molecule has 1 rings (SSSR count). The summed E-state index contributed by atoms with van der Waals surface area (Å²) < 4.78 is 0. The molecule has 2 unspecified atom stereocenters. The first-order valence-corrected chi connectivity index (χ1v) is 5.75. The first-order chi connectivity index (χ1) is 6.50.